The van der Waals surface area contributed by atoms with Crippen molar-refractivity contribution in [3.63, 3.8) is 0 Å². The van der Waals surface area contributed by atoms with Crippen LogP contribution in [0.5, 0.6) is 5.75 Å². The van der Waals surface area contributed by atoms with E-state index in [1.54, 1.807) is 6.07 Å². The van der Waals surface area contributed by atoms with Gasteiger partial charge in [-0.25, -0.2) is 9.18 Å². The summed E-state index contributed by atoms with van der Waals surface area (Å²) in [5, 5.41) is 15.6. The molecule has 2 rings (SSSR count). The predicted molar refractivity (Wildman–Crippen MR) is 81.2 cm³/mol. The molecule has 1 aliphatic rings. The summed E-state index contributed by atoms with van der Waals surface area (Å²) in [6.45, 7) is 0.459. The number of carbonyl (C=O) groups excluding carboxylic acids is 1. The van der Waals surface area contributed by atoms with Gasteiger partial charge in [0.2, 0.25) is 0 Å². The Balaban J connectivity index is 1.76. The molecule has 3 N–H and O–H groups in total. The maximum absolute atomic E-state index is 13.5. The highest BCUT2D eigenvalue weighted by Crippen LogP contribution is 2.27. The molecule has 0 heterocycles. The van der Waals surface area contributed by atoms with E-state index in [-0.39, 0.29) is 24.9 Å². The summed E-state index contributed by atoms with van der Waals surface area (Å²) in [4.78, 5) is 11.8. The number of carbonyl (C=O) groups is 1. The molecule has 2 amide bonds. The molecular formula is C16H23FN2O3. The zero-order valence-corrected chi connectivity index (χ0v) is 12.8. The van der Waals surface area contributed by atoms with E-state index < -0.39 is 11.4 Å². The normalized spacial score (nSPS) is 16.9. The Morgan fingerprint density at radius 2 is 2.05 bits per heavy atom. The Kier molecular flexibility index (Phi) is 5.60. The van der Waals surface area contributed by atoms with E-state index in [1.165, 1.54) is 19.2 Å². The van der Waals surface area contributed by atoms with Gasteiger partial charge >= 0.3 is 6.03 Å². The number of amides is 2. The number of ether oxygens (including phenoxy) is 1. The van der Waals surface area contributed by atoms with Crippen LogP contribution in [0.15, 0.2) is 18.2 Å². The average Bonchev–Trinajstić information content (AvgIpc) is 2.52. The van der Waals surface area contributed by atoms with Crippen LogP contribution in [0, 0.1) is 5.82 Å². The molecule has 1 fully saturated rings. The Bertz CT molecular complexity index is 516. The summed E-state index contributed by atoms with van der Waals surface area (Å²) >= 11 is 0. The molecule has 0 atom stereocenters. The predicted octanol–water partition coefficient (Wildman–Crippen LogP) is 2.33. The fraction of sp³-hybridized carbons (Fsp3) is 0.562. The summed E-state index contributed by atoms with van der Waals surface area (Å²) in [5.74, 6) is -0.286. The van der Waals surface area contributed by atoms with Crippen molar-refractivity contribution in [2.45, 2.75) is 44.2 Å². The molecule has 0 bridgehead atoms. The lowest BCUT2D eigenvalue weighted by molar-refractivity contribution is 0.00719. The molecule has 0 unspecified atom stereocenters. The number of aliphatic hydroxyl groups is 1. The zero-order chi connectivity index (χ0) is 16.0. The lowest BCUT2D eigenvalue weighted by Gasteiger charge is -2.32. The minimum Gasteiger partial charge on any atom is -0.494 e. The number of rotatable bonds is 5. The fourth-order valence-electron chi connectivity index (χ4n) is 2.70. The van der Waals surface area contributed by atoms with E-state index in [1.807, 2.05) is 0 Å². The van der Waals surface area contributed by atoms with E-state index in [9.17, 15) is 14.3 Å². The SMILES string of the molecule is COc1ccc(CNC(=O)NCC2(O)CCCCC2)cc1F. The Labute approximate surface area is 129 Å². The van der Waals surface area contributed by atoms with Gasteiger partial charge in [-0.2, -0.15) is 0 Å². The highest BCUT2D eigenvalue weighted by molar-refractivity contribution is 5.73. The third-order valence-corrected chi connectivity index (χ3v) is 4.03. The van der Waals surface area contributed by atoms with E-state index in [2.05, 4.69) is 10.6 Å². The van der Waals surface area contributed by atoms with Crippen molar-refractivity contribution in [1.82, 2.24) is 10.6 Å². The lowest BCUT2D eigenvalue weighted by Crippen LogP contribution is -2.47. The maximum atomic E-state index is 13.5. The first kappa shape index (κ1) is 16.5. The minimum atomic E-state index is -0.790. The van der Waals surface area contributed by atoms with Crippen LogP contribution in [0.1, 0.15) is 37.7 Å². The van der Waals surface area contributed by atoms with Gasteiger partial charge < -0.3 is 20.5 Å². The van der Waals surface area contributed by atoms with Crippen LogP contribution in [0.3, 0.4) is 0 Å². The zero-order valence-electron chi connectivity index (χ0n) is 12.8. The van der Waals surface area contributed by atoms with Gasteiger partial charge in [0.1, 0.15) is 0 Å². The first-order valence-electron chi connectivity index (χ1n) is 7.59. The van der Waals surface area contributed by atoms with Gasteiger partial charge in [0, 0.05) is 13.1 Å². The molecule has 1 saturated carbocycles. The summed E-state index contributed by atoms with van der Waals surface area (Å²) in [5.41, 5.74) is -0.147. The summed E-state index contributed by atoms with van der Waals surface area (Å²) in [6, 6.07) is 4.18. The standard InChI is InChI=1S/C16H23FN2O3/c1-22-14-6-5-12(9-13(14)17)10-18-15(20)19-11-16(21)7-3-2-4-8-16/h5-6,9,21H,2-4,7-8,10-11H2,1H3,(H2,18,19,20). The Hall–Kier alpha value is -1.82. The molecule has 0 aliphatic heterocycles. The molecule has 5 nitrogen and oxygen atoms in total. The maximum Gasteiger partial charge on any atom is 0.315 e. The highest BCUT2D eigenvalue weighted by atomic mass is 19.1. The van der Waals surface area contributed by atoms with Gasteiger partial charge in [0.25, 0.3) is 0 Å². The van der Waals surface area contributed by atoms with E-state index in [4.69, 9.17) is 4.74 Å². The molecule has 122 valence electrons. The van der Waals surface area contributed by atoms with Crippen molar-refractivity contribution in [2.24, 2.45) is 0 Å². The number of hydrogen-bond acceptors (Lipinski definition) is 3. The second-order valence-corrected chi connectivity index (χ2v) is 5.79. The van der Waals surface area contributed by atoms with Gasteiger partial charge in [0.05, 0.1) is 12.7 Å². The van der Waals surface area contributed by atoms with Crippen LogP contribution in [-0.2, 0) is 6.54 Å². The van der Waals surface area contributed by atoms with Crippen LogP contribution in [0.25, 0.3) is 0 Å². The average molecular weight is 310 g/mol. The molecule has 22 heavy (non-hydrogen) atoms. The monoisotopic (exact) mass is 310 g/mol. The molecular weight excluding hydrogens is 287 g/mol. The molecule has 1 aromatic carbocycles. The first-order chi connectivity index (χ1) is 10.5. The number of urea groups is 1. The van der Waals surface area contributed by atoms with Crippen molar-refractivity contribution < 1.29 is 19.0 Å². The summed E-state index contributed by atoms with van der Waals surface area (Å²) < 4.78 is 18.4. The van der Waals surface area contributed by atoms with E-state index in [0.717, 1.165) is 32.1 Å². The second kappa shape index (κ2) is 7.45. The molecule has 0 spiro atoms. The van der Waals surface area contributed by atoms with Crippen LogP contribution in [-0.4, -0.2) is 30.4 Å². The molecule has 0 saturated heterocycles. The number of benzene rings is 1. The largest absolute Gasteiger partial charge is 0.494 e. The van der Waals surface area contributed by atoms with E-state index >= 15 is 0 Å². The van der Waals surface area contributed by atoms with Crippen LogP contribution in [0.2, 0.25) is 0 Å². The van der Waals surface area contributed by atoms with Crippen molar-refractivity contribution in [3.05, 3.63) is 29.6 Å². The third-order valence-electron chi connectivity index (χ3n) is 4.03. The van der Waals surface area contributed by atoms with Gasteiger partial charge in [-0.3, -0.25) is 0 Å². The molecule has 0 aromatic heterocycles. The molecule has 1 aliphatic carbocycles. The molecule has 6 heteroatoms. The minimum absolute atomic E-state index is 0.174. The molecule has 0 radical (unpaired) electrons. The van der Waals surface area contributed by atoms with Gasteiger partial charge in [-0.15, -0.1) is 0 Å². The Morgan fingerprint density at radius 3 is 2.68 bits per heavy atom. The highest BCUT2D eigenvalue weighted by Gasteiger charge is 2.29. The summed E-state index contributed by atoms with van der Waals surface area (Å²) in [7, 11) is 1.40. The van der Waals surface area contributed by atoms with Crippen molar-refractivity contribution in [3.8, 4) is 5.75 Å². The van der Waals surface area contributed by atoms with E-state index in [0.29, 0.717) is 5.56 Å². The second-order valence-electron chi connectivity index (χ2n) is 5.79. The lowest BCUT2D eigenvalue weighted by atomic mass is 9.85. The van der Waals surface area contributed by atoms with Gasteiger partial charge in [0.15, 0.2) is 11.6 Å². The van der Waals surface area contributed by atoms with Crippen molar-refractivity contribution >= 4 is 6.03 Å². The number of hydrogen-bond donors (Lipinski definition) is 3. The number of halogens is 1. The van der Waals surface area contributed by atoms with Crippen molar-refractivity contribution in [1.29, 1.82) is 0 Å². The summed E-state index contributed by atoms with van der Waals surface area (Å²) in [6.07, 6.45) is 4.56. The first-order valence-corrected chi connectivity index (χ1v) is 7.59. The van der Waals surface area contributed by atoms with Crippen LogP contribution >= 0.6 is 0 Å². The van der Waals surface area contributed by atoms with Gasteiger partial charge in [-0.05, 0) is 30.5 Å². The van der Waals surface area contributed by atoms with Crippen molar-refractivity contribution in [2.75, 3.05) is 13.7 Å². The smallest absolute Gasteiger partial charge is 0.315 e. The van der Waals surface area contributed by atoms with Crippen LogP contribution in [0.4, 0.5) is 9.18 Å². The fourth-order valence-corrected chi connectivity index (χ4v) is 2.70. The quantitative estimate of drug-likeness (QED) is 0.782. The molecule has 1 aromatic rings. The number of methoxy groups -OCH3 is 1. The topological polar surface area (TPSA) is 70.6 Å². The Morgan fingerprint density at radius 1 is 1.32 bits per heavy atom. The van der Waals surface area contributed by atoms with Crippen LogP contribution < -0.4 is 15.4 Å². The van der Waals surface area contributed by atoms with Gasteiger partial charge in [-0.1, -0.05) is 25.3 Å². The number of nitrogens with one attached hydrogen (secondary N) is 2. The third kappa shape index (κ3) is 4.59.